The van der Waals surface area contributed by atoms with Gasteiger partial charge in [-0.3, -0.25) is 4.99 Å². The molecule has 1 aliphatic heterocycles. The lowest BCUT2D eigenvalue weighted by Crippen LogP contribution is -2.45. The summed E-state index contributed by atoms with van der Waals surface area (Å²) >= 11 is 1.81. The SMILES string of the molecule is CCNC(=NCC(C)(C)SC)NC1CCN(c2ncccc2F)C1.I. The normalized spacial score (nSPS) is 18.0. The summed E-state index contributed by atoms with van der Waals surface area (Å²) in [4.78, 5) is 10.9. The molecule has 1 aliphatic rings. The number of rotatable bonds is 6. The van der Waals surface area contributed by atoms with E-state index in [9.17, 15) is 4.39 Å². The molecule has 0 bridgehead atoms. The number of nitrogens with one attached hydrogen (secondary N) is 2. The predicted octanol–water partition coefficient (Wildman–Crippen LogP) is 3.11. The molecule has 0 aliphatic carbocycles. The Morgan fingerprint density at radius 3 is 2.92 bits per heavy atom. The first kappa shape index (κ1) is 22.3. The highest BCUT2D eigenvalue weighted by atomic mass is 127. The average Bonchev–Trinajstić information content (AvgIpc) is 3.02. The van der Waals surface area contributed by atoms with E-state index in [1.165, 1.54) is 6.07 Å². The summed E-state index contributed by atoms with van der Waals surface area (Å²) in [5.41, 5.74) is 0. The van der Waals surface area contributed by atoms with E-state index in [0.29, 0.717) is 5.82 Å². The number of aliphatic imine (C=N–C) groups is 1. The lowest BCUT2D eigenvalue weighted by atomic mass is 10.2. The third kappa shape index (κ3) is 6.80. The fourth-order valence-corrected chi connectivity index (χ4v) is 2.72. The van der Waals surface area contributed by atoms with Crippen molar-refractivity contribution in [3.05, 3.63) is 24.1 Å². The molecule has 0 amide bonds. The Morgan fingerprint density at radius 2 is 2.28 bits per heavy atom. The van der Waals surface area contributed by atoms with Gasteiger partial charge in [-0.25, -0.2) is 9.37 Å². The Bertz CT molecular complexity index is 570. The highest BCUT2D eigenvalue weighted by Crippen LogP contribution is 2.22. The van der Waals surface area contributed by atoms with E-state index in [1.807, 2.05) is 16.7 Å². The summed E-state index contributed by atoms with van der Waals surface area (Å²) in [5.74, 6) is 1.00. The van der Waals surface area contributed by atoms with Crippen molar-refractivity contribution in [2.45, 2.75) is 38.0 Å². The number of halogens is 2. The zero-order valence-corrected chi connectivity index (χ0v) is 18.5. The predicted molar refractivity (Wildman–Crippen MR) is 117 cm³/mol. The number of hydrogen-bond donors (Lipinski definition) is 2. The third-order valence-corrected chi connectivity index (χ3v) is 5.32. The van der Waals surface area contributed by atoms with Crippen LogP contribution >= 0.6 is 35.7 Å². The molecule has 1 saturated heterocycles. The van der Waals surface area contributed by atoms with Gasteiger partial charge in [-0.05, 0) is 45.6 Å². The maximum Gasteiger partial charge on any atom is 0.191 e. The van der Waals surface area contributed by atoms with Crippen LogP contribution in [0.15, 0.2) is 23.3 Å². The first-order valence-corrected chi connectivity index (χ1v) is 9.63. The van der Waals surface area contributed by atoms with Gasteiger partial charge >= 0.3 is 0 Å². The summed E-state index contributed by atoms with van der Waals surface area (Å²) in [6, 6.07) is 3.31. The number of pyridine rings is 1. The molecule has 2 rings (SSSR count). The molecule has 8 heteroatoms. The van der Waals surface area contributed by atoms with Gasteiger partial charge in [0.25, 0.3) is 0 Å². The second kappa shape index (κ2) is 10.4. The lowest BCUT2D eigenvalue weighted by Gasteiger charge is -2.22. The number of aromatic nitrogens is 1. The third-order valence-electron chi connectivity index (χ3n) is 4.08. The minimum atomic E-state index is -0.263. The first-order valence-electron chi connectivity index (χ1n) is 8.40. The van der Waals surface area contributed by atoms with Crippen LogP contribution in [-0.4, -0.2) is 54.2 Å². The molecule has 25 heavy (non-hydrogen) atoms. The van der Waals surface area contributed by atoms with Crippen molar-refractivity contribution < 1.29 is 4.39 Å². The van der Waals surface area contributed by atoms with Crippen LogP contribution in [0.2, 0.25) is 0 Å². The van der Waals surface area contributed by atoms with Gasteiger partial charge in [0.2, 0.25) is 0 Å². The summed E-state index contributed by atoms with van der Waals surface area (Å²) in [6.07, 6.45) is 4.67. The van der Waals surface area contributed by atoms with Gasteiger partial charge in [-0.2, -0.15) is 11.8 Å². The Labute approximate surface area is 171 Å². The maximum atomic E-state index is 13.9. The van der Waals surface area contributed by atoms with Crippen LogP contribution in [0.4, 0.5) is 10.2 Å². The van der Waals surface area contributed by atoms with Crippen LogP contribution in [0.3, 0.4) is 0 Å². The van der Waals surface area contributed by atoms with Gasteiger partial charge in [0, 0.05) is 36.6 Å². The van der Waals surface area contributed by atoms with Gasteiger partial charge in [-0.1, -0.05) is 0 Å². The van der Waals surface area contributed by atoms with Gasteiger partial charge in [0.1, 0.15) is 0 Å². The highest BCUT2D eigenvalue weighted by molar-refractivity contribution is 14.0. The second-order valence-corrected chi connectivity index (χ2v) is 8.06. The minimum Gasteiger partial charge on any atom is -0.357 e. The smallest absolute Gasteiger partial charge is 0.191 e. The molecule has 1 aromatic rings. The zero-order chi connectivity index (χ0) is 17.6. The van der Waals surface area contributed by atoms with Crippen molar-refractivity contribution >= 4 is 47.5 Å². The Morgan fingerprint density at radius 1 is 1.52 bits per heavy atom. The quantitative estimate of drug-likeness (QED) is 0.372. The van der Waals surface area contributed by atoms with E-state index >= 15 is 0 Å². The fourth-order valence-electron chi connectivity index (χ4n) is 2.53. The summed E-state index contributed by atoms with van der Waals surface area (Å²) in [7, 11) is 0. The summed E-state index contributed by atoms with van der Waals surface area (Å²) in [5, 5.41) is 6.76. The van der Waals surface area contributed by atoms with Gasteiger partial charge in [0.15, 0.2) is 17.6 Å². The molecule has 1 aromatic heterocycles. The molecular weight excluding hydrogens is 452 g/mol. The topological polar surface area (TPSA) is 52.6 Å². The van der Waals surface area contributed by atoms with E-state index < -0.39 is 0 Å². The van der Waals surface area contributed by atoms with Crippen molar-refractivity contribution in [1.29, 1.82) is 0 Å². The molecule has 142 valence electrons. The number of thioether (sulfide) groups is 1. The van der Waals surface area contributed by atoms with Crippen LogP contribution in [0, 0.1) is 5.82 Å². The average molecular weight is 481 g/mol. The molecule has 5 nitrogen and oxygen atoms in total. The fraction of sp³-hybridized carbons (Fsp3) is 0.647. The van der Waals surface area contributed by atoms with Crippen LogP contribution in [0.25, 0.3) is 0 Å². The van der Waals surface area contributed by atoms with Crippen molar-refractivity contribution in [1.82, 2.24) is 15.6 Å². The second-order valence-electron chi connectivity index (χ2n) is 6.54. The zero-order valence-electron chi connectivity index (χ0n) is 15.4. The number of guanidine groups is 1. The van der Waals surface area contributed by atoms with Crippen LogP contribution in [0.1, 0.15) is 27.2 Å². The van der Waals surface area contributed by atoms with Gasteiger partial charge in [0.05, 0.1) is 6.54 Å². The molecule has 1 atom stereocenters. The minimum absolute atomic E-state index is 0. The molecule has 0 saturated carbocycles. The van der Waals surface area contributed by atoms with Crippen molar-refractivity contribution in [3.8, 4) is 0 Å². The largest absolute Gasteiger partial charge is 0.357 e. The van der Waals surface area contributed by atoms with E-state index in [2.05, 4.69) is 42.6 Å². The monoisotopic (exact) mass is 481 g/mol. The van der Waals surface area contributed by atoms with E-state index in [0.717, 1.165) is 38.6 Å². The maximum absolute atomic E-state index is 13.9. The molecule has 2 heterocycles. The van der Waals surface area contributed by atoms with Crippen LogP contribution in [-0.2, 0) is 0 Å². The molecule has 0 spiro atoms. The molecule has 2 N–H and O–H groups in total. The Kier molecular flexibility index (Phi) is 9.26. The molecule has 1 unspecified atom stereocenters. The van der Waals surface area contributed by atoms with Crippen molar-refractivity contribution in [2.75, 3.05) is 37.3 Å². The number of hydrogen-bond acceptors (Lipinski definition) is 4. The van der Waals surface area contributed by atoms with Gasteiger partial charge in [-0.15, -0.1) is 24.0 Å². The van der Waals surface area contributed by atoms with Crippen LogP contribution < -0.4 is 15.5 Å². The standard InChI is InChI=1S/C17H28FN5S.HI/c1-5-19-16(21-12-17(2,3)24-4)22-13-8-10-23(11-13)15-14(18)7-6-9-20-15;/h6-7,9,13H,5,8,10-12H2,1-4H3,(H2,19,21,22);1H. The van der Waals surface area contributed by atoms with Crippen molar-refractivity contribution in [3.63, 3.8) is 0 Å². The number of nitrogens with zero attached hydrogens (tertiary/aromatic N) is 3. The van der Waals surface area contributed by atoms with Crippen molar-refractivity contribution in [2.24, 2.45) is 4.99 Å². The lowest BCUT2D eigenvalue weighted by molar-refractivity contribution is 0.612. The number of anilines is 1. The molecular formula is C17H29FIN5S. The summed E-state index contributed by atoms with van der Waals surface area (Å²) in [6.45, 7) is 9.51. The molecule has 0 aromatic carbocycles. The highest BCUT2D eigenvalue weighted by Gasteiger charge is 2.26. The van der Waals surface area contributed by atoms with Crippen LogP contribution in [0.5, 0.6) is 0 Å². The molecule has 1 fully saturated rings. The van der Waals surface area contributed by atoms with E-state index in [-0.39, 0.29) is 40.6 Å². The summed E-state index contributed by atoms with van der Waals surface area (Å²) < 4.78 is 14.0. The Hall–Kier alpha value is -0.770. The van der Waals surface area contributed by atoms with E-state index in [4.69, 9.17) is 4.99 Å². The first-order chi connectivity index (χ1) is 11.4. The molecule has 0 radical (unpaired) electrons. The van der Waals surface area contributed by atoms with Gasteiger partial charge < -0.3 is 15.5 Å². The van der Waals surface area contributed by atoms with E-state index in [1.54, 1.807) is 12.3 Å². The Balaban J connectivity index is 0.00000312.